The predicted octanol–water partition coefficient (Wildman–Crippen LogP) is 2.66. The van der Waals surface area contributed by atoms with E-state index in [-0.39, 0.29) is 23.8 Å². The zero-order chi connectivity index (χ0) is 18.6. The van der Waals surface area contributed by atoms with Crippen LogP contribution >= 0.6 is 0 Å². The summed E-state index contributed by atoms with van der Waals surface area (Å²) in [6.07, 6.45) is 2.13. The van der Waals surface area contributed by atoms with Gasteiger partial charge in [-0.3, -0.25) is 9.59 Å². The van der Waals surface area contributed by atoms with Crippen LogP contribution in [0.25, 0.3) is 0 Å². The molecule has 27 heavy (non-hydrogen) atoms. The van der Waals surface area contributed by atoms with Crippen molar-refractivity contribution >= 4 is 11.8 Å². The van der Waals surface area contributed by atoms with Gasteiger partial charge in [0.2, 0.25) is 5.91 Å². The van der Waals surface area contributed by atoms with Crippen LogP contribution in [0.3, 0.4) is 0 Å². The molecule has 5 nitrogen and oxygen atoms in total. The summed E-state index contributed by atoms with van der Waals surface area (Å²) in [5, 5.41) is 3.01. The van der Waals surface area contributed by atoms with E-state index in [1.165, 1.54) is 5.56 Å². The van der Waals surface area contributed by atoms with Crippen LogP contribution in [0.2, 0.25) is 0 Å². The van der Waals surface area contributed by atoms with E-state index in [9.17, 15) is 9.59 Å². The summed E-state index contributed by atoms with van der Waals surface area (Å²) in [5.74, 6) is 0.939. The Balaban J connectivity index is 1.41. The minimum absolute atomic E-state index is 0.0110. The molecule has 0 saturated carbocycles. The van der Waals surface area contributed by atoms with Gasteiger partial charge in [0.1, 0.15) is 5.75 Å². The zero-order valence-corrected chi connectivity index (χ0v) is 15.3. The SMILES string of the molecule is O=C1C[C@@H]2CN(C(=O)c3ccccc3OCCc3ccccc3)CC[C@@H]2N1. The standard InChI is InChI=1S/C22H24N2O3/c25-21-14-17-15-24(12-10-19(17)23-21)22(26)18-8-4-5-9-20(18)27-13-11-16-6-2-1-3-7-16/h1-9,17,19H,10-15H2,(H,23,25)/t17-,19+/m1/s1. The van der Waals surface area contributed by atoms with Crippen LogP contribution < -0.4 is 10.1 Å². The number of fused-ring (bicyclic) bond motifs is 1. The second kappa shape index (κ2) is 7.82. The average Bonchev–Trinajstić information content (AvgIpc) is 3.08. The zero-order valence-electron chi connectivity index (χ0n) is 15.3. The van der Waals surface area contributed by atoms with Gasteiger partial charge in [-0.2, -0.15) is 0 Å². The molecule has 2 saturated heterocycles. The van der Waals surface area contributed by atoms with Gasteiger partial charge in [0.05, 0.1) is 12.2 Å². The number of likely N-dealkylation sites (tertiary alicyclic amines) is 1. The van der Waals surface area contributed by atoms with E-state index in [0.29, 0.717) is 37.4 Å². The van der Waals surface area contributed by atoms with Crippen LogP contribution in [0.15, 0.2) is 54.6 Å². The van der Waals surface area contributed by atoms with Gasteiger partial charge in [0.15, 0.2) is 0 Å². The lowest BCUT2D eigenvalue weighted by Gasteiger charge is -2.34. The number of piperidine rings is 1. The lowest BCUT2D eigenvalue weighted by atomic mass is 9.93. The van der Waals surface area contributed by atoms with Crippen molar-refractivity contribution in [3.63, 3.8) is 0 Å². The molecule has 0 radical (unpaired) electrons. The first-order valence-electron chi connectivity index (χ1n) is 9.55. The van der Waals surface area contributed by atoms with E-state index in [1.54, 1.807) is 0 Å². The first kappa shape index (κ1) is 17.6. The topological polar surface area (TPSA) is 58.6 Å². The molecule has 0 aromatic heterocycles. The van der Waals surface area contributed by atoms with Crippen molar-refractivity contribution in [1.29, 1.82) is 0 Å². The molecule has 5 heteroatoms. The monoisotopic (exact) mass is 364 g/mol. The van der Waals surface area contributed by atoms with Gasteiger partial charge in [-0.1, -0.05) is 42.5 Å². The van der Waals surface area contributed by atoms with Gasteiger partial charge in [0.25, 0.3) is 5.91 Å². The molecular weight excluding hydrogens is 340 g/mol. The molecule has 2 atom stereocenters. The van der Waals surface area contributed by atoms with Crippen LogP contribution in [0.4, 0.5) is 0 Å². The summed E-state index contributed by atoms with van der Waals surface area (Å²) in [6, 6.07) is 17.8. The summed E-state index contributed by atoms with van der Waals surface area (Å²) in [7, 11) is 0. The van der Waals surface area contributed by atoms with Crippen molar-refractivity contribution in [2.45, 2.75) is 25.3 Å². The number of rotatable bonds is 5. The van der Waals surface area contributed by atoms with E-state index in [1.807, 2.05) is 47.4 Å². The molecule has 2 aliphatic rings. The van der Waals surface area contributed by atoms with Crippen molar-refractivity contribution in [3.8, 4) is 5.75 Å². The number of para-hydroxylation sites is 1. The summed E-state index contributed by atoms with van der Waals surface area (Å²) in [6.45, 7) is 1.82. The first-order chi connectivity index (χ1) is 13.2. The molecule has 0 bridgehead atoms. The van der Waals surface area contributed by atoms with Gasteiger partial charge < -0.3 is 15.0 Å². The van der Waals surface area contributed by atoms with E-state index in [4.69, 9.17) is 4.74 Å². The van der Waals surface area contributed by atoms with Crippen molar-refractivity contribution in [3.05, 3.63) is 65.7 Å². The predicted molar refractivity (Wildman–Crippen MR) is 103 cm³/mol. The van der Waals surface area contributed by atoms with E-state index >= 15 is 0 Å². The Bertz CT molecular complexity index is 821. The second-order valence-electron chi connectivity index (χ2n) is 7.26. The molecule has 0 aliphatic carbocycles. The minimum Gasteiger partial charge on any atom is -0.492 e. The molecule has 4 rings (SSSR count). The number of benzene rings is 2. The van der Waals surface area contributed by atoms with E-state index in [0.717, 1.165) is 12.8 Å². The summed E-state index contributed by atoms with van der Waals surface area (Å²) in [5.41, 5.74) is 1.81. The highest BCUT2D eigenvalue weighted by atomic mass is 16.5. The number of hydrogen-bond donors (Lipinski definition) is 1. The number of amides is 2. The number of ether oxygens (including phenoxy) is 1. The molecular formula is C22H24N2O3. The Morgan fingerprint density at radius 3 is 2.74 bits per heavy atom. The number of nitrogens with zero attached hydrogens (tertiary/aromatic N) is 1. The fraction of sp³-hybridized carbons (Fsp3) is 0.364. The minimum atomic E-state index is -0.0110. The molecule has 0 unspecified atom stereocenters. The van der Waals surface area contributed by atoms with Gasteiger partial charge in [-0.05, 0) is 24.1 Å². The maximum atomic E-state index is 13.1. The van der Waals surface area contributed by atoms with Crippen LogP contribution in [0.5, 0.6) is 5.75 Å². The van der Waals surface area contributed by atoms with Gasteiger partial charge in [-0.25, -0.2) is 0 Å². The fourth-order valence-corrected chi connectivity index (χ4v) is 3.98. The maximum Gasteiger partial charge on any atom is 0.257 e. The number of carbonyl (C=O) groups is 2. The highest BCUT2D eigenvalue weighted by molar-refractivity contribution is 5.97. The van der Waals surface area contributed by atoms with E-state index < -0.39 is 0 Å². The number of hydrogen-bond acceptors (Lipinski definition) is 3. The number of carbonyl (C=O) groups excluding carboxylic acids is 2. The van der Waals surface area contributed by atoms with Crippen LogP contribution in [-0.4, -0.2) is 42.5 Å². The van der Waals surface area contributed by atoms with E-state index in [2.05, 4.69) is 17.4 Å². The lowest BCUT2D eigenvalue weighted by molar-refractivity contribution is -0.119. The lowest BCUT2D eigenvalue weighted by Crippen LogP contribution is -2.47. The van der Waals surface area contributed by atoms with Crippen molar-refractivity contribution in [2.24, 2.45) is 5.92 Å². The fourth-order valence-electron chi connectivity index (χ4n) is 3.98. The Labute approximate surface area is 159 Å². The molecule has 2 aliphatic heterocycles. The Hall–Kier alpha value is -2.82. The van der Waals surface area contributed by atoms with Crippen LogP contribution in [0.1, 0.15) is 28.8 Å². The molecule has 2 amide bonds. The van der Waals surface area contributed by atoms with Gasteiger partial charge in [0, 0.05) is 37.9 Å². The second-order valence-corrected chi connectivity index (χ2v) is 7.26. The Kier molecular flexibility index (Phi) is 5.10. The van der Waals surface area contributed by atoms with Crippen LogP contribution in [0, 0.1) is 5.92 Å². The molecule has 2 fully saturated rings. The van der Waals surface area contributed by atoms with Crippen LogP contribution in [-0.2, 0) is 11.2 Å². The third-order valence-corrected chi connectivity index (χ3v) is 5.42. The third kappa shape index (κ3) is 3.97. The highest BCUT2D eigenvalue weighted by Gasteiger charge is 2.38. The molecule has 2 aromatic rings. The van der Waals surface area contributed by atoms with Crippen molar-refractivity contribution in [1.82, 2.24) is 10.2 Å². The number of nitrogens with one attached hydrogen (secondary N) is 1. The van der Waals surface area contributed by atoms with Crippen molar-refractivity contribution < 1.29 is 14.3 Å². The Morgan fingerprint density at radius 2 is 1.89 bits per heavy atom. The van der Waals surface area contributed by atoms with Crippen molar-refractivity contribution in [2.75, 3.05) is 19.7 Å². The molecule has 0 spiro atoms. The molecule has 2 aromatic carbocycles. The first-order valence-corrected chi connectivity index (χ1v) is 9.55. The smallest absolute Gasteiger partial charge is 0.257 e. The normalized spacial score (nSPS) is 21.5. The average molecular weight is 364 g/mol. The summed E-state index contributed by atoms with van der Waals surface area (Å²) < 4.78 is 5.94. The largest absolute Gasteiger partial charge is 0.492 e. The summed E-state index contributed by atoms with van der Waals surface area (Å²) >= 11 is 0. The molecule has 140 valence electrons. The quantitative estimate of drug-likeness (QED) is 0.887. The van der Waals surface area contributed by atoms with Gasteiger partial charge >= 0.3 is 0 Å². The molecule has 2 heterocycles. The summed E-state index contributed by atoms with van der Waals surface area (Å²) in [4.78, 5) is 26.5. The molecule has 1 N–H and O–H groups in total. The maximum absolute atomic E-state index is 13.1. The third-order valence-electron chi connectivity index (χ3n) is 5.42. The van der Waals surface area contributed by atoms with Gasteiger partial charge in [-0.15, -0.1) is 0 Å². The Morgan fingerprint density at radius 1 is 1.11 bits per heavy atom. The highest BCUT2D eigenvalue weighted by Crippen LogP contribution is 2.28.